The minimum absolute atomic E-state index is 0.0289. The van der Waals surface area contributed by atoms with Crippen molar-refractivity contribution in [2.45, 2.75) is 32.6 Å². The molecule has 0 bridgehead atoms. The fourth-order valence-electron chi connectivity index (χ4n) is 2.18. The van der Waals surface area contributed by atoms with E-state index in [0.29, 0.717) is 13.0 Å². The van der Waals surface area contributed by atoms with E-state index in [1.54, 1.807) is 0 Å². The van der Waals surface area contributed by atoms with Crippen LogP contribution < -0.4 is 10.1 Å². The number of benzene rings is 2. The fourth-order valence-corrected chi connectivity index (χ4v) is 2.31. The summed E-state index contributed by atoms with van der Waals surface area (Å²) in [4.78, 5) is 12.0. The number of hydrogen-bond acceptors (Lipinski definition) is 2. The molecular formula is C19H22ClNO2. The predicted molar refractivity (Wildman–Crippen MR) is 95.2 cm³/mol. The third-order valence-corrected chi connectivity index (χ3v) is 3.65. The summed E-state index contributed by atoms with van der Waals surface area (Å²) in [6.07, 6.45) is 3.16. The Kier molecular flexibility index (Phi) is 6.95. The zero-order valence-electron chi connectivity index (χ0n) is 13.3. The summed E-state index contributed by atoms with van der Waals surface area (Å²) in [5, 5.41) is 3.64. The third-order valence-electron chi connectivity index (χ3n) is 3.39. The van der Waals surface area contributed by atoms with E-state index >= 15 is 0 Å². The molecule has 122 valence electrons. The molecule has 0 saturated carbocycles. The van der Waals surface area contributed by atoms with Gasteiger partial charge in [-0.1, -0.05) is 30.7 Å². The van der Waals surface area contributed by atoms with Crippen molar-refractivity contribution >= 4 is 23.2 Å². The van der Waals surface area contributed by atoms with Crippen LogP contribution in [0.3, 0.4) is 0 Å². The van der Waals surface area contributed by atoms with Gasteiger partial charge in [0, 0.05) is 17.1 Å². The van der Waals surface area contributed by atoms with Crippen molar-refractivity contribution < 1.29 is 9.53 Å². The highest BCUT2D eigenvalue weighted by atomic mass is 35.5. The smallest absolute Gasteiger partial charge is 0.224 e. The first kappa shape index (κ1) is 17.4. The van der Waals surface area contributed by atoms with E-state index in [1.807, 2.05) is 48.5 Å². The van der Waals surface area contributed by atoms with Crippen LogP contribution in [0.1, 0.15) is 31.7 Å². The van der Waals surface area contributed by atoms with Gasteiger partial charge in [-0.05, 0) is 61.2 Å². The van der Waals surface area contributed by atoms with Gasteiger partial charge in [0.05, 0.1) is 6.61 Å². The SMILES string of the molecule is CCCOc1ccc(NC(=O)CCCc2ccc(Cl)cc2)cc1. The van der Waals surface area contributed by atoms with E-state index in [9.17, 15) is 4.79 Å². The normalized spacial score (nSPS) is 10.3. The van der Waals surface area contributed by atoms with E-state index in [2.05, 4.69) is 12.2 Å². The van der Waals surface area contributed by atoms with Gasteiger partial charge in [-0.3, -0.25) is 4.79 Å². The summed E-state index contributed by atoms with van der Waals surface area (Å²) >= 11 is 5.85. The van der Waals surface area contributed by atoms with Crippen molar-refractivity contribution in [2.24, 2.45) is 0 Å². The Labute approximate surface area is 142 Å². The lowest BCUT2D eigenvalue weighted by atomic mass is 10.1. The number of rotatable bonds is 8. The average Bonchev–Trinajstić information content (AvgIpc) is 2.56. The number of ether oxygens (including phenoxy) is 1. The second-order valence-electron chi connectivity index (χ2n) is 5.40. The number of aryl methyl sites for hydroxylation is 1. The van der Waals surface area contributed by atoms with Crippen molar-refractivity contribution in [1.82, 2.24) is 0 Å². The molecule has 2 aromatic rings. The summed E-state index contributed by atoms with van der Waals surface area (Å²) < 4.78 is 5.52. The molecule has 4 heteroatoms. The van der Waals surface area contributed by atoms with Gasteiger partial charge in [0.25, 0.3) is 0 Å². The molecule has 2 rings (SSSR count). The van der Waals surface area contributed by atoms with Gasteiger partial charge < -0.3 is 10.1 Å². The van der Waals surface area contributed by atoms with E-state index in [4.69, 9.17) is 16.3 Å². The minimum atomic E-state index is 0.0289. The average molecular weight is 332 g/mol. The number of halogens is 1. The van der Waals surface area contributed by atoms with Gasteiger partial charge in [-0.25, -0.2) is 0 Å². The summed E-state index contributed by atoms with van der Waals surface area (Å²) in [6.45, 7) is 2.77. The quantitative estimate of drug-likeness (QED) is 0.731. The molecule has 0 aliphatic rings. The molecule has 3 nitrogen and oxygen atoms in total. The van der Waals surface area contributed by atoms with Gasteiger partial charge in [-0.2, -0.15) is 0 Å². The van der Waals surface area contributed by atoms with Crippen LogP contribution in [0.5, 0.6) is 5.75 Å². The lowest BCUT2D eigenvalue weighted by Gasteiger charge is -2.08. The van der Waals surface area contributed by atoms with Gasteiger partial charge in [0.2, 0.25) is 5.91 Å². The first-order valence-electron chi connectivity index (χ1n) is 7.94. The maximum Gasteiger partial charge on any atom is 0.224 e. The largest absolute Gasteiger partial charge is 0.494 e. The molecule has 0 spiro atoms. The monoisotopic (exact) mass is 331 g/mol. The Morgan fingerprint density at radius 2 is 1.78 bits per heavy atom. The number of carbonyl (C=O) groups is 1. The van der Waals surface area contributed by atoms with Crippen molar-refractivity contribution in [2.75, 3.05) is 11.9 Å². The number of anilines is 1. The molecule has 0 aliphatic heterocycles. The number of carbonyl (C=O) groups excluding carboxylic acids is 1. The molecule has 0 aromatic heterocycles. The third kappa shape index (κ3) is 6.33. The van der Waals surface area contributed by atoms with Crippen LogP contribution in [-0.2, 0) is 11.2 Å². The van der Waals surface area contributed by atoms with Gasteiger partial charge in [-0.15, -0.1) is 0 Å². The van der Waals surface area contributed by atoms with Crippen molar-refractivity contribution in [3.05, 3.63) is 59.1 Å². The second kappa shape index (κ2) is 9.21. The van der Waals surface area contributed by atoms with Crippen LogP contribution in [0.2, 0.25) is 5.02 Å². The Morgan fingerprint density at radius 1 is 1.09 bits per heavy atom. The van der Waals surface area contributed by atoms with E-state index < -0.39 is 0 Å². The molecular weight excluding hydrogens is 310 g/mol. The standard InChI is InChI=1S/C19H22ClNO2/c1-2-14-23-18-12-10-17(11-13-18)21-19(22)5-3-4-15-6-8-16(20)9-7-15/h6-13H,2-5,14H2,1H3,(H,21,22). The molecule has 2 aromatic carbocycles. The molecule has 0 fully saturated rings. The number of hydrogen-bond donors (Lipinski definition) is 1. The maximum absolute atomic E-state index is 12.0. The Bertz CT molecular complexity index is 608. The van der Waals surface area contributed by atoms with E-state index in [0.717, 1.165) is 35.7 Å². The van der Waals surface area contributed by atoms with Crippen LogP contribution in [0.25, 0.3) is 0 Å². The van der Waals surface area contributed by atoms with Crippen molar-refractivity contribution in [3.8, 4) is 5.75 Å². The fraction of sp³-hybridized carbons (Fsp3) is 0.316. The molecule has 0 heterocycles. The van der Waals surface area contributed by atoms with Crippen LogP contribution >= 0.6 is 11.6 Å². The molecule has 1 N–H and O–H groups in total. The highest BCUT2D eigenvalue weighted by molar-refractivity contribution is 6.30. The highest BCUT2D eigenvalue weighted by Gasteiger charge is 2.03. The molecule has 0 aliphatic carbocycles. The zero-order chi connectivity index (χ0) is 16.5. The van der Waals surface area contributed by atoms with Gasteiger partial charge >= 0.3 is 0 Å². The second-order valence-corrected chi connectivity index (χ2v) is 5.84. The van der Waals surface area contributed by atoms with Gasteiger partial charge in [0.15, 0.2) is 0 Å². The molecule has 0 unspecified atom stereocenters. The Morgan fingerprint density at radius 3 is 2.43 bits per heavy atom. The number of amides is 1. The number of nitrogens with one attached hydrogen (secondary N) is 1. The van der Waals surface area contributed by atoms with Crippen molar-refractivity contribution in [1.29, 1.82) is 0 Å². The van der Waals surface area contributed by atoms with Crippen LogP contribution in [0, 0.1) is 0 Å². The first-order chi connectivity index (χ1) is 11.2. The predicted octanol–water partition coefficient (Wildman–Crippen LogP) is 5.09. The van der Waals surface area contributed by atoms with Crippen LogP contribution in [0.4, 0.5) is 5.69 Å². The lowest BCUT2D eigenvalue weighted by Crippen LogP contribution is -2.11. The zero-order valence-corrected chi connectivity index (χ0v) is 14.1. The Balaban J connectivity index is 1.72. The van der Waals surface area contributed by atoms with E-state index in [1.165, 1.54) is 5.56 Å². The maximum atomic E-state index is 12.0. The summed E-state index contributed by atoms with van der Waals surface area (Å²) in [5.41, 5.74) is 1.99. The minimum Gasteiger partial charge on any atom is -0.494 e. The molecule has 23 heavy (non-hydrogen) atoms. The molecule has 1 amide bonds. The van der Waals surface area contributed by atoms with Crippen LogP contribution in [-0.4, -0.2) is 12.5 Å². The summed E-state index contributed by atoms with van der Waals surface area (Å²) in [7, 11) is 0. The van der Waals surface area contributed by atoms with Crippen molar-refractivity contribution in [3.63, 3.8) is 0 Å². The van der Waals surface area contributed by atoms with Gasteiger partial charge in [0.1, 0.15) is 5.75 Å². The first-order valence-corrected chi connectivity index (χ1v) is 8.32. The lowest BCUT2D eigenvalue weighted by molar-refractivity contribution is -0.116. The summed E-state index contributed by atoms with van der Waals surface area (Å²) in [6, 6.07) is 15.2. The topological polar surface area (TPSA) is 38.3 Å². The molecule has 0 saturated heterocycles. The highest BCUT2D eigenvalue weighted by Crippen LogP contribution is 2.16. The molecule has 0 radical (unpaired) electrons. The van der Waals surface area contributed by atoms with Crippen LogP contribution in [0.15, 0.2) is 48.5 Å². The summed E-state index contributed by atoms with van der Waals surface area (Å²) in [5.74, 6) is 0.855. The Hall–Kier alpha value is -2.00. The molecule has 0 atom stereocenters. The van der Waals surface area contributed by atoms with E-state index in [-0.39, 0.29) is 5.91 Å².